The second-order valence-corrected chi connectivity index (χ2v) is 14.5. The van der Waals surface area contributed by atoms with E-state index in [1.165, 1.54) is 19.4 Å². The molecule has 13 heteroatoms. The fourth-order valence-electron chi connectivity index (χ4n) is 6.85. The van der Waals surface area contributed by atoms with E-state index in [1.807, 2.05) is 22.1 Å². The third-order valence-corrected chi connectivity index (χ3v) is 10.1. The zero-order valence-corrected chi connectivity index (χ0v) is 26.5. The maximum absolute atomic E-state index is 14.6. The minimum atomic E-state index is -3.05. The van der Waals surface area contributed by atoms with E-state index in [0.29, 0.717) is 50.2 Å². The number of nitrogens with one attached hydrogen (secondary N) is 1. The number of benzene rings is 1. The van der Waals surface area contributed by atoms with Crippen molar-refractivity contribution in [3.63, 3.8) is 0 Å². The Morgan fingerprint density at radius 2 is 1.91 bits per heavy atom. The van der Waals surface area contributed by atoms with Crippen LogP contribution < -0.4 is 15.1 Å². The van der Waals surface area contributed by atoms with Crippen molar-refractivity contribution in [1.82, 2.24) is 19.9 Å². The number of rotatable bonds is 9. The lowest BCUT2D eigenvalue weighted by molar-refractivity contribution is -0.129. The number of likely N-dealkylation sites (tertiary alicyclic amines) is 1. The van der Waals surface area contributed by atoms with Crippen molar-refractivity contribution >= 4 is 49.8 Å². The number of fused-ring (bicyclic) bond motifs is 1. The number of carbonyl (C=O) groups excluding carboxylic acids is 1. The van der Waals surface area contributed by atoms with Crippen LogP contribution in [0.3, 0.4) is 0 Å². The van der Waals surface area contributed by atoms with E-state index in [2.05, 4.69) is 38.9 Å². The summed E-state index contributed by atoms with van der Waals surface area (Å²) in [4.78, 5) is 32.5. The molecule has 0 saturated carbocycles. The van der Waals surface area contributed by atoms with Crippen molar-refractivity contribution in [2.45, 2.75) is 44.0 Å². The van der Waals surface area contributed by atoms with Crippen LogP contribution in [0.4, 0.5) is 27.7 Å². The summed E-state index contributed by atoms with van der Waals surface area (Å²) in [5.74, 6) is 1.70. The smallest absolute Gasteiger partial charge is 0.246 e. The standard InChI is InChI=1S/C32H40FN7O4S/c1-4-31(41)40-13-6-5-7-27(40)22-8-9-26(39-17-21(18-39)20-45(3,42)43)24-16-35-30(15-23(22)24)36-29-10-12-34-32(37-29)38-14-11-28(44-2)25(33)19-38/h4,8-10,12,15-16,21,25,27-28H,1,5-7,11,13-14,17-20H2,2-3H3,(H,34,35,36,37)/t25-,27-,28+/m0/s1. The average molecular weight is 638 g/mol. The number of anilines is 4. The van der Waals surface area contributed by atoms with E-state index in [9.17, 15) is 17.6 Å². The molecular formula is C32H40FN7O4S. The molecule has 0 unspecified atom stereocenters. The van der Waals surface area contributed by atoms with Crippen LogP contribution in [0, 0.1) is 5.92 Å². The third-order valence-electron chi connectivity index (χ3n) is 9.03. The number of nitrogens with zero attached hydrogens (tertiary/aromatic N) is 6. The van der Waals surface area contributed by atoms with Gasteiger partial charge in [0.2, 0.25) is 11.9 Å². The van der Waals surface area contributed by atoms with Gasteiger partial charge in [0.15, 0.2) is 0 Å². The van der Waals surface area contributed by atoms with Crippen LogP contribution in [-0.2, 0) is 19.4 Å². The van der Waals surface area contributed by atoms with Crippen LogP contribution in [0.5, 0.6) is 0 Å². The number of piperidine rings is 2. The predicted octanol–water partition coefficient (Wildman–Crippen LogP) is 4.05. The minimum absolute atomic E-state index is 0.0857. The first-order chi connectivity index (χ1) is 21.6. The molecule has 3 fully saturated rings. The van der Waals surface area contributed by atoms with Crippen molar-refractivity contribution in [3.05, 3.63) is 54.9 Å². The van der Waals surface area contributed by atoms with Gasteiger partial charge in [-0.15, -0.1) is 0 Å². The second-order valence-electron chi connectivity index (χ2n) is 12.3. The highest BCUT2D eigenvalue weighted by Crippen LogP contribution is 2.41. The first-order valence-corrected chi connectivity index (χ1v) is 17.5. The first-order valence-electron chi connectivity index (χ1n) is 15.4. The fourth-order valence-corrected chi connectivity index (χ4v) is 7.92. The highest BCUT2D eigenvalue weighted by Gasteiger charge is 2.33. The second kappa shape index (κ2) is 12.9. The molecule has 45 heavy (non-hydrogen) atoms. The minimum Gasteiger partial charge on any atom is -0.378 e. The Hall–Kier alpha value is -3.84. The van der Waals surface area contributed by atoms with Crippen LogP contribution in [0.15, 0.2) is 49.3 Å². The van der Waals surface area contributed by atoms with Gasteiger partial charge in [0.1, 0.15) is 27.6 Å². The fraction of sp³-hybridized carbons (Fsp3) is 0.500. The average Bonchev–Trinajstić information content (AvgIpc) is 3.01. The van der Waals surface area contributed by atoms with E-state index in [4.69, 9.17) is 9.72 Å². The summed E-state index contributed by atoms with van der Waals surface area (Å²) in [5.41, 5.74) is 2.01. The number of halogens is 1. The number of methoxy groups -OCH3 is 1. The molecule has 3 atom stereocenters. The Morgan fingerprint density at radius 1 is 1.09 bits per heavy atom. The molecule has 3 aliphatic rings. The van der Waals surface area contributed by atoms with Crippen molar-refractivity contribution in [1.29, 1.82) is 0 Å². The van der Waals surface area contributed by atoms with E-state index >= 15 is 0 Å². The highest BCUT2D eigenvalue weighted by molar-refractivity contribution is 7.90. The van der Waals surface area contributed by atoms with Crippen LogP contribution in [-0.4, -0.2) is 98.3 Å². The number of ether oxygens (including phenoxy) is 1. The van der Waals surface area contributed by atoms with Crippen molar-refractivity contribution in [2.24, 2.45) is 5.92 Å². The Kier molecular flexibility index (Phi) is 8.91. The van der Waals surface area contributed by atoms with Gasteiger partial charge in [0.05, 0.1) is 24.4 Å². The Morgan fingerprint density at radius 3 is 2.64 bits per heavy atom. The van der Waals surface area contributed by atoms with E-state index < -0.39 is 22.1 Å². The molecule has 240 valence electrons. The van der Waals surface area contributed by atoms with E-state index in [1.54, 1.807) is 12.3 Å². The van der Waals surface area contributed by atoms with Crippen LogP contribution in [0.1, 0.15) is 37.3 Å². The van der Waals surface area contributed by atoms with Crippen LogP contribution in [0.25, 0.3) is 10.8 Å². The highest BCUT2D eigenvalue weighted by atomic mass is 32.2. The van der Waals surface area contributed by atoms with E-state index in [-0.39, 0.29) is 30.2 Å². The molecule has 6 rings (SSSR count). The summed E-state index contributed by atoms with van der Waals surface area (Å²) in [6.45, 7) is 6.44. The zero-order valence-electron chi connectivity index (χ0n) is 25.7. The van der Waals surface area contributed by atoms with E-state index in [0.717, 1.165) is 41.3 Å². The number of amides is 1. The van der Waals surface area contributed by atoms with Gasteiger partial charge >= 0.3 is 0 Å². The molecule has 0 spiro atoms. The van der Waals surface area contributed by atoms with Gasteiger partial charge in [-0.3, -0.25) is 4.79 Å². The first kappa shape index (κ1) is 31.2. The number of pyridine rings is 1. The summed E-state index contributed by atoms with van der Waals surface area (Å²) in [6.07, 6.45) is 7.91. The maximum atomic E-state index is 14.6. The molecule has 2 aromatic heterocycles. The van der Waals surface area contributed by atoms with Gasteiger partial charge < -0.3 is 24.8 Å². The Bertz CT molecular complexity index is 1680. The number of hydrogen-bond donors (Lipinski definition) is 1. The van der Waals surface area contributed by atoms with Crippen molar-refractivity contribution < 1.29 is 22.3 Å². The monoisotopic (exact) mass is 637 g/mol. The molecule has 1 aromatic carbocycles. The topological polar surface area (TPSA) is 121 Å². The number of carbonyl (C=O) groups is 1. The lowest BCUT2D eigenvalue weighted by atomic mass is 9.90. The molecule has 3 aromatic rings. The summed E-state index contributed by atoms with van der Waals surface area (Å²) < 4.78 is 43.5. The lowest BCUT2D eigenvalue weighted by Crippen LogP contribution is -2.49. The molecule has 0 radical (unpaired) electrons. The molecule has 0 bridgehead atoms. The van der Waals surface area contributed by atoms with Gasteiger partial charge in [0.25, 0.3) is 0 Å². The molecule has 3 aliphatic heterocycles. The van der Waals surface area contributed by atoms with Gasteiger partial charge in [-0.05, 0) is 60.9 Å². The molecule has 11 nitrogen and oxygen atoms in total. The quantitative estimate of drug-likeness (QED) is 0.344. The molecule has 1 amide bonds. The summed E-state index contributed by atoms with van der Waals surface area (Å²) in [7, 11) is -1.52. The Labute approximate surface area is 263 Å². The lowest BCUT2D eigenvalue weighted by Gasteiger charge is -2.42. The zero-order chi connectivity index (χ0) is 31.7. The Balaban J connectivity index is 1.32. The van der Waals surface area contributed by atoms with Gasteiger partial charge in [0, 0.05) is 68.9 Å². The normalized spacial score (nSPS) is 22.7. The maximum Gasteiger partial charge on any atom is 0.246 e. The molecular weight excluding hydrogens is 597 g/mol. The van der Waals surface area contributed by atoms with Crippen molar-refractivity contribution in [2.75, 3.05) is 67.0 Å². The van der Waals surface area contributed by atoms with Gasteiger partial charge in [-0.2, -0.15) is 4.98 Å². The third kappa shape index (κ3) is 6.74. The number of aromatic nitrogens is 3. The molecule has 5 heterocycles. The number of alkyl halides is 1. The molecule has 3 saturated heterocycles. The number of sulfone groups is 1. The molecule has 1 N–H and O–H groups in total. The SMILES string of the molecule is C=CC(=O)N1CCCC[C@H]1c1ccc(N2CC(CS(C)(=O)=O)C2)c2cnc(Nc3ccnc(N4CC[C@@H](OC)[C@@H](F)C4)n3)cc12. The van der Waals surface area contributed by atoms with Crippen molar-refractivity contribution in [3.8, 4) is 0 Å². The largest absolute Gasteiger partial charge is 0.378 e. The predicted molar refractivity (Wildman–Crippen MR) is 173 cm³/mol. The summed E-state index contributed by atoms with van der Waals surface area (Å²) >= 11 is 0. The summed E-state index contributed by atoms with van der Waals surface area (Å²) in [5, 5.41) is 5.20. The van der Waals surface area contributed by atoms with Crippen LogP contribution >= 0.6 is 0 Å². The van der Waals surface area contributed by atoms with Gasteiger partial charge in [-0.1, -0.05) is 12.6 Å². The van der Waals surface area contributed by atoms with Gasteiger partial charge in [-0.25, -0.2) is 22.8 Å². The molecule has 0 aliphatic carbocycles. The summed E-state index contributed by atoms with van der Waals surface area (Å²) in [6, 6.07) is 7.77. The number of hydrogen-bond acceptors (Lipinski definition) is 10. The van der Waals surface area contributed by atoms with Crippen LogP contribution in [0.2, 0.25) is 0 Å².